The van der Waals surface area contributed by atoms with Gasteiger partial charge in [0, 0.05) is 58.2 Å². The van der Waals surface area contributed by atoms with Crippen LogP contribution in [0.25, 0.3) is 21.8 Å². The molecule has 0 atom stereocenters. The van der Waals surface area contributed by atoms with E-state index in [0.717, 1.165) is 38.7 Å². The molecule has 0 spiro atoms. The minimum Gasteiger partial charge on any atom is -0.355 e. The molecule has 0 aliphatic rings. The standard InChI is InChI=1S/C26H21N3O/c1-17-9-12-25-21(14-17)22(16-29(25)2)26(30)20-7-3-4-8-24(20)28-19-10-11-23-18(15-19)6-5-13-27-23/h3-16,28H,1-2H3. The van der Waals surface area contributed by atoms with E-state index in [4.69, 9.17) is 0 Å². The van der Waals surface area contributed by atoms with Gasteiger partial charge in [0.05, 0.1) is 5.52 Å². The molecule has 2 aromatic heterocycles. The van der Waals surface area contributed by atoms with E-state index in [9.17, 15) is 4.79 Å². The van der Waals surface area contributed by atoms with Crippen LogP contribution in [0.15, 0.2) is 85.2 Å². The number of ketones is 1. The molecule has 5 rings (SSSR count). The first-order chi connectivity index (χ1) is 14.6. The molecule has 0 aliphatic carbocycles. The van der Waals surface area contributed by atoms with E-state index in [1.54, 1.807) is 6.20 Å². The van der Waals surface area contributed by atoms with Crippen molar-refractivity contribution in [1.82, 2.24) is 9.55 Å². The Morgan fingerprint density at radius 1 is 0.933 bits per heavy atom. The maximum atomic E-state index is 13.5. The highest BCUT2D eigenvalue weighted by molar-refractivity contribution is 6.19. The number of anilines is 2. The Bertz CT molecular complexity index is 1410. The van der Waals surface area contributed by atoms with Gasteiger partial charge < -0.3 is 9.88 Å². The van der Waals surface area contributed by atoms with Gasteiger partial charge in [0.25, 0.3) is 0 Å². The first-order valence-corrected chi connectivity index (χ1v) is 9.91. The van der Waals surface area contributed by atoms with Gasteiger partial charge in [-0.2, -0.15) is 0 Å². The molecule has 30 heavy (non-hydrogen) atoms. The molecule has 4 nitrogen and oxygen atoms in total. The summed E-state index contributed by atoms with van der Waals surface area (Å²) in [5.41, 5.74) is 6.21. The van der Waals surface area contributed by atoms with Crippen LogP contribution < -0.4 is 5.32 Å². The number of hydrogen-bond donors (Lipinski definition) is 1. The van der Waals surface area contributed by atoms with E-state index < -0.39 is 0 Å². The van der Waals surface area contributed by atoms with Crippen molar-refractivity contribution in [2.24, 2.45) is 7.05 Å². The van der Waals surface area contributed by atoms with Gasteiger partial charge in [-0.3, -0.25) is 9.78 Å². The zero-order chi connectivity index (χ0) is 20.7. The largest absolute Gasteiger partial charge is 0.355 e. The summed E-state index contributed by atoms with van der Waals surface area (Å²) < 4.78 is 2.01. The van der Waals surface area contributed by atoms with Crippen molar-refractivity contribution in [3.63, 3.8) is 0 Å². The quantitative estimate of drug-likeness (QED) is 0.382. The number of aryl methyl sites for hydroxylation is 2. The van der Waals surface area contributed by atoms with Gasteiger partial charge in [0.15, 0.2) is 5.78 Å². The molecule has 0 aliphatic heterocycles. The summed E-state index contributed by atoms with van der Waals surface area (Å²) in [7, 11) is 1.97. The fourth-order valence-corrected chi connectivity index (χ4v) is 3.93. The number of nitrogens with zero attached hydrogens (tertiary/aromatic N) is 2. The van der Waals surface area contributed by atoms with Crippen molar-refractivity contribution >= 4 is 39.0 Å². The lowest BCUT2D eigenvalue weighted by atomic mass is 10.00. The second kappa shape index (κ2) is 7.16. The molecule has 1 N–H and O–H groups in total. The van der Waals surface area contributed by atoms with Crippen LogP contribution >= 0.6 is 0 Å². The summed E-state index contributed by atoms with van der Waals surface area (Å²) >= 11 is 0. The average molecular weight is 391 g/mol. The molecule has 146 valence electrons. The Balaban J connectivity index is 1.56. The first-order valence-electron chi connectivity index (χ1n) is 9.91. The van der Waals surface area contributed by atoms with Crippen LogP contribution in [0.2, 0.25) is 0 Å². The lowest BCUT2D eigenvalue weighted by Gasteiger charge is -2.12. The van der Waals surface area contributed by atoms with Crippen molar-refractivity contribution < 1.29 is 4.79 Å². The number of para-hydroxylation sites is 1. The van der Waals surface area contributed by atoms with Gasteiger partial charge >= 0.3 is 0 Å². The normalized spacial score (nSPS) is 11.1. The molecule has 0 saturated heterocycles. The predicted octanol–water partition coefficient (Wildman–Crippen LogP) is 6.01. The fourth-order valence-electron chi connectivity index (χ4n) is 3.93. The van der Waals surface area contributed by atoms with Crippen molar-refractivity contribution in [2.45, 2.75) is 6.92 Å². The van der Waals surface area contributed by atoms with E-state index in [1.807, 2.05) is 79.3 Å². The number of pyridine rings is 1. The third kappa shape index (κ3) is 3.12. The van der Waals surface area contributed by atoms with Crippen LogP contribution in [0, 0.1) is 6.92 Å². The number of carbonyl (C=O) groups excluding carboxylic acids is 1. The molecule has 4 heteroatoms. The van der Waals surface area contributed by atoms with Crippen molar-refractivity contribution in [1.29, 1.82) is 0 Å². The zero-order valence-electron chi connectivity index (χ0n) is 16.9. The second-order valence-corrected chi connectivity index (χ2v) is 7.58. The lowest BCUT2D eigenvalue weighted by molar-refractivity contribution is 0.104. The third-order valence-corrected chi connectivity index (χ3v) is 5.44. The van der Waals surface area contributed by atoms with Crippen LogP contribution in [0.3, 0.4) is 0 Å². The summed E-state index contributed by atoms with van der Waals surface area (Å²) in [6, 6.07) is 23.8. The number of hydrogen-bond acceptors (Lipinski definition) is 3. The Hall–Kier alpha value is -3.92. The zero-order valence-corrected chi connectivity index (χ0v) is 16.9. The average Bonchev–Trinajstić information content (AvgIpc) is 3.09. The number of nitrogens with one attached hydrogen (secondary N) is 1. The molecule has 0 amide bonds. The summed E-state index contributed by atoms with van der Waals surface area (Å²) in [6.45, 7) is 2.05. The predicted molar refractivity (Wildman–Crippen MR) is 123 cm³/mol. The molecule has 2 heterocycles. The molecule has 0 unspecified atom stereocenters. The molecule has 5 aromatic rings. The Kier molecular flexibility index (Phi) is 4.32. The molecule has 0 bridgehead atoms. The Morgan fingerprint density at radius 2 is 1.80 bits per heavy atom. The lowest BCUT2D eigenvalue weighted by Crippen LogP contribution is -2.05. The number of fused-ring (bicyclic) bond motifs is 2. The second-order valence-electron chi connectivity index (χ2n) is 7.58. The minimum absolute atomic E-state index is 0.0109. The van der Waals surface area contributed by atoms with E-state index in [1.165, 1.54) is 0 Å². The van der Waals surface area contributed by atoms with Gasteiger partial charge in [0.1, 0.15) is 0 Å². The molecular weight excluding hydrogens is 370 g/mol. The topological polar surface area (TPSA) is 46.9 Å². The number of rotatable bonds is 4. The third-order valence-electron chi connectivity index (χ3n) is 5.44. The van der Waals surface area contributed by atoms with Crippen molar-refractivity contribution in [3.8, 4) is 0 Å². The maximum Gasteiger partial charge on any atom is 0.197 e. The van der Waals surface area contributed by atoms with Crippen LogP contribution in [-0.4, -0.2) is 15.3 Å². The summed E-state index contributed by atoms with van der Waals surface area (Å²) in [5.74, 6) is 0.0109. The van der Waals surface area contributed by atoms with Crippen LogP contribution in [0.4, 0.5) is 11.4 Å². The Morgan fingerprint density at radius 3 is 2.70 bits per heavy atom. The molecular formula is C26H21N3O. The van der Waals surface area contributed by atoms with E-state index in [0.29, 0.717) is 11.1 Å². The van der Waals surface area contributed by atoms with E-state index in [-0.39, 0.29) is 5.78 Å². The molecule has 3 aromatic carbocycles. The van der Waals surface area contributed by atoms with Gasteiger partial charge in [-0.25, -0.2) is 0 Å². The SMILES string of the molecule is Cc1ccc2c(c1)c(C(=O)c1ccccc1Nc1ccc3ncccc3c1)cn2C. The Labute approximate surface area is 174 Å². The van der Waals surface area contributed by atoms with Gasteiger partial charge in [-0.15, -0.1) is 0 Å². The first kappa shape index (κ1) is 18.1. The van der Waals surface area contributed by atoms with Crippen molar-refractivity contribution in [2.75, 3.05) is 5.32 Å². The van der Waals surface area contributed by atoms with Crippen molar-refractivity contribution in [3.05, 3.63) is 102 Å². The smallest absolute Gasteiger partial charge is 0.197 e. The van der Waals surface area contributed by atoms with E-state index >= 15 is 0 Å². The minimum atomic E-state index is 0.0109. The van der Waals surface area contributed by atoms with Crippen LogP contribution in [-0.2, 0) is 7.05 Å². The number of aromatic nitrogens is 2. The fraction of sp³-hybridized carbons (Fsp3) is 0.0769. The number of benzene rings is 3. The van der Waals surface area contributed by atoms with Crippen LogP contribution in [0.1, 0.15) is 21.5 Å². The van der Waals surface area contributed by atoms with Gasteiger partial charge in [-0.1, -0.05) is 29.8 Å². The number of carbonyl (C=O) groups is 1. The summed E-state index contributed by atoms with van der Waals surface area (Å²) in [6.07, 6.45) is 3.71. The maximum absolute atomic E-state index is 13.5. The molecule has 0 fully saturated rings. The molecule has 0 radical (unpaired) electrons. The van der Waals surface area contributed by atoms with Gasteiger partial charge in [0.2, 0.25) is 0 Å². The van der Waals surface area contributed by atoms with Crippen LogP contribution in [0.5, 0.6) is 0 Å². The molecule has 0 saturated carbocycles. The summed E-state index contributed by atoms with van der Waals surface area (Å²) in [4.78, 5) is 17.9. The highest BCUT2D eigenvalue weighted by Crippen LogP contribution is 2.29. The highest BCUT2D eigenvalue weighted by atomic mass is 16.1. The monoisotopic (exact) mass is 391 g/mol. The van der Waals surface area contributed by atoms with Gasteiger partial charge in [-0.05, 0) is 55.5 Å². The van der Waals surface area contributed by atoms with E-state index in [2.05, 4.69) is 28.5 Å². The highest BCUT2D eigenvalue weighted by Gasteiger charge is 2.18. The summed E-state index contributed by atoms with van der Waals surface area (Å²) in [5, 5.41) is 5.46.